The van der Waals surface area contributed by atoms with Crippen LogP contribution in [0.2, 0.25) is 0 Å². The number of pyridine rings is 1. The van der Waals surface area contributed by atoms with E-state index in [-0.39, 0.29) is 11.9 Å². The summed E-state index contributed by atoms with van der Waals surface area (Å²) in [5, 5.41) is 11.4. The van der Waals surface area contributed by atoms with Crippen LogP contribution in [0.1, 0.15) is 35.8 Å². The zero-order valence-electron chi connectivity index (χ0n) is 17.5. The number of aryl methyl sites for hydroxylation is 1. The molecule has 2 aromatic heterocycles. The van der Waals surface area contributed by atoms with Gasteiger partial charge in [-0.3, -0.25) is 4.79 Å². The molecule has 0 aliphatic rings. The second-order valence-electron chi connectivity index (χ2n) is 7.34. The molecule has 0 bridgehead atoms. The van der Waals surface area contributed by atoms with Crippen LogP contribution in [0.3, 0.4) is 0 Å². The Morgan fingerprint density at radius 3 is 2.62 bits per heavy atom. The van der Waals surface area contributed by atoms with E-state index in [9.17, 15) is 4.79 Å². The number of nitrogens with one attached hydrogen (secondary N) is 2. The third-order valence-electron chi connectivity index (χ3n) is 4.72. The van der Waals surface area contributed by atoms with E-state index in [0.717, 1.165) is 28.8 Å². The molecule has 0 saturated carbocycles. The molecule has 0 radical (unpaired) electrons. The zero-order chi connectivity index (χ0) is 20.8. The van der Waals surface area contributed by atoms with Gasteiger partial charge >= 0.3 is 0 Å². The largest absolute Gasteiger partial charge is 0.383 e. The molecule has 0 saturated heterocycles. The van der Waals surface area contributed by atoms with Gasteiger partial charge in [0.2, 0.25) is 0 Å². The van der Waals surface area contributed by atoms with Gasteiger partial charge in [-0.15, -0.1) is 0 Å². The number of methoxy groups -OCH3 is 1. The summed E-state index contributed by atoms with van der Waals surface area (Å²) in [5.74, 6) is -0.123. The minimum Gasteiger partial charge on any atom is -0.383 e. The summed E-state index contributed by atoms with van der Waals surface area (Å²) < 4.78 is 6.86. The van der Waals surface area contributed by atoms with Crippen molar-refractivity contribution in [2.45, 2.75) is 26.8 Å². The lowest BCUT2D eigenvalue weighted by Gasteiger charge is -2.11. The van der Waals surface area contributed by atoms with Crippen LogP contribution in [0.4, 0.5) is 0 Å². The fourth-order valence-electron chi connectivity index (χ4n) is 3.11. The van der Waals surface area contributed by atoms with Crippen molar-refractivity contribution in [3.8, 4) is 11.3 Å². The predicted molar refractivity (Wildman–Crippen MR) is 115 cm³/mol. The average Bonchev–Trinajstić information content (AvgIpc) is 3.14. The third-order valence-corrected chi connectivity index (χ3v) is 4.72. The van der Waals surface area contributed by atoms with Gasteiger partial charge in [-0.25, -0.2) is 9.67 Å². The summed E-state index contributed by atoms with van der Waals surface area (Å²) in [7, 11) is 1.67. The summed E-state index contributed by atoms with van der Waals surface area (Å²) in [6.07, 6.45) is 1.73. The van der Waals surface area contributed by atoms with Crippen molar-refractivity contribution in [1.29, 1.82) is 0 Å². The minimum atomic E-state index is -0.123. The number of hydrogen-bond acceptors (Lipinski definition) is 5. The molecule has 0 fully saturated rings. The number of rotatable bonds is 9. The van der Waals surface area contributed by atoms with Gasteiger partial charge in [-0.1, -0.05) is 29.8 Å². The highest BCUT2D eigenvalue weighted by Crippen LogP contribution is 2.26. The van der Waals surface area contributed by atoms with E-state index < -0.39 is 0 Å². The molecule has 0 spiro atoms. The second-order valence-corrected chi connectivity index (χ2v) is 7.34. The Labute approximate surface area is 171 Å². The highest BCUT2D eigenvalue weighted by atomic mass is 16.5. The lowest BCUT2D eigenvalue weighted by Crippen LogP contribution is -2.33. The highest BCUT2D eigenvalue weighted by molar-refractivity contribution is 6.06. The number of carbonyl (C=O) groups is 1. The van der Waals surface area contributed by atoms with Gasteiger partial charge in [0.15, 0.2) is 5.65 Å². The Morgan fingerprint density at radius 1 is 1.17 bits per heavy atom. The first-order chi connectivity index (χ1) is 14.0. The fraction of sp³-hybridized carbons (Fsp3) is 0.409. The topological polar surface area (TPSA) is 81.1 Å². The first kappa shape index (κ1) is 21.0. The SMILES string of the molecule is COCCNCCNC(=O)c1cc(-c2ccc(C)cc2)nc2c1cnn2C(C)C. The van der Waals surface area contributed by atoms with Crippen molar-refractivity contribution in [1.82, 2.24) is 25.4 Å². The van der Waals surface area contributed by atoms with Gasteiger partial charge in [0.1, 0.15) is 0 Å². The molecular weight excluding hydrogens is 366 g/mol. The molecule has 1 aromatic carbocycles. The predicted octanol–water partition coefficient (Wildman–Crippen LogP) is 2.95. The summed E-state index contributed by atoms with van der Waals surface area (Å²) in [6.45, 7) is 8.77. The van der Waals surface area contributed by atoms with Crippen LogP contribution >= 0.6 is 0 Å². The van der Waals surface area contributed by atoms with E-state index in [1.807, 2.05) is 41.9 Å². The monoisotopic (exact) mass is 395 g/mol. The van der Waals surface area contributed by atoms with E-state index in [1.54, 1.807) is 13.3 Å². The second kappa shape index (κ2) is 9.62. The number of aromatic nitrogens is 3. The number of nitrogens with zero attached hydrogens (tertiary/aromatic N) is 3. The van der Waals surface area contributed by atoms with Crippen LogP contribution in [0.25, 0.3) is 22.3 Å². The summed E-state index contributed by atoms with van der Waals surface area (Å²) in [6, 6.07) is 10.2. The molecule has 154 valence electrons. The molecule has 3 rings (SSSR count). The lowest BCUT2D eigenvalue weighted by molar-refractivity contribution is 0.0955. The Morgan fingerprint density at radius 2 is 1.93 bits per heavy atom. The lowest BCUT2D eigenvalue weighted by atomic mass is 10.1. The third kappa shape index (κ3) is 4.99. The molecule has 0 aliphatic heterocycles. The van der Waals surface area contributed by atoms with Crippen LogP contribution in [0.15, 0.2) is 36.5 Å². The molecule has 29 heavy (non-hydrogen) atoms. The molecule has 2 N–H and O–H groups in total. The number of amides is 1. The van der Waals surface area contributed by atoms with Crippen LogP contribution < -0.4 is 10.6 Å². The van der Waals surface area contributed by atoms with Gasteiger partial charge in [-0.2, -0.15) is 5.10 Å². The molecule has 0 aliphatic carbocycles. The Balaban J connectivity index is 1.90. The van der Waals surface area contributed by atoms with Crippen molar-refractivity contribution in [3.63, 3.8) is 0 Å². The molecule has 1 amide bonds. The van der Waals surface area contributed by atoms with E-state index in [4.69, 9.17) is 9.72 Å². The number of fused-ring (bicyclic) bond motifs is 1. The first-order valence-corrected chi connectivity index (χ1v) is 9.94. The molecule has 2 heterocycles. The van der Waals surface area contributed by atoms with Gasteiger partial charge in [-0.05, 0) is 26.8 Å². The molecule has 7 heteroatoms. The van der Waals surface area contributed by atoms with Crippen LogP contribution in [-0.4, -0.2) is 54.0 Å². The normalized spacial score (nSPS) is 11.3. The van der Waals surface area contributed by atoms with Gasteiger partial charge < -0.3 is 15.4 Å². The molecule has 0 unspecified atom stereocenters. The summed E-state index contributed by atoms with van der Waals surface area (Å²) in [5.41, 5.74) is 4.24. The number of hydrogen-bond donors (Lipinski definition) is 2. The maximum absolute atomic E-state index is 12.9. The fourth-order valence-corrected chi connectivity index (χ4v) is 3.11. The Kier molecular flexibility index (Phi) is 6.95. The van der Waals surface area contributed by atoms with Crippen molar-refractivity contribution >= 4 is 16.9 Å². The standard InChI is InChI=1S/C22H29N5O2/c1-15(2)27-21-19(14-25-27)18(22(28)24-10-9-23-11-12-29-4)13-20(26-21)17-7-5-16(3)6-8-17/h5-8,13-15,23H,9-12H2,1-4H3,(H,24,28). The minimum absolute atomic E-state index is 0.123. The smallest absolute Gasteiger partial charge is 0.252 e. The number of ether oxygens (including phenoxy) is 1. The van der Waals surface area contributed by atoms with Crippen LogP contribution in [0, 0.1) is 6.92 Å². The van der Waals surface area contributed by atoms with Crippen LogP contribution in [-0.2, 0) is 4.74 Å². The van der Waals surface area contributed by atoms with Gasteiger partial charge in [0.05, 0.1) is 29.4 Å². The quantitative estimate of drug-likeness (QED) is 0.545. The summed E-state index contributed by atoms with van der Waals surface area (Å²) in [4.78, 5) is 17.8. The van der Waals surface area contributed by atoms with Crippen molar-refractivity contribution in [2.75, 3.05) is 33.4 Å². The van der Waals surface area contributed by atoms with Crippen molar-refractivity contribution in [3.05, 3.63) is 47.7 Å². The maximum atomic E-state index is 12.9. The van der Waals surface area contributed by atoms with E-state index in [2.05, 4.69) is 29.6 Å². The maximum Gasteiger partial charge on any atom is 0.252 e. The summed E-state index contributed by atoms with van der Waals surface area (Å²) >= 11 is 0. The first-order valence-electron chi connectivity index (χ1n) is 9.94. The van der Waals surface area contributed by atoms with E-state index in [1.165, 1.54) is 5.56 Å². The van der Waals surface area contributed by atoms with E-state index in [0.29, 0.717) is 25.3 Å². The Bertz CT molecular complexity index is 963. The number of benzene rings is 1. The van der Waals surface area contributed by atoms with Crippen molar-refractivity contribution in [2.24, 2.45) is 0 Å². The number of carbonyl (C=O) groups excluding carboxylic acids is 1. The molecule has 7 nitrogen and oxygen atoms in total. The molecule has 0 atom stereocenters. The van der Waals surface area contributed by atoms with E-state index >= 15 is 0 Å². The van der Waals surface area contributed by atoms with Gasteiger partial charge in [0, 0.05) is 38.3 Å². The molecule has 3 aromatic rings. The zero-order valence-corrected chi connectivity index (χ0v) is 17.5. The molecular formula is C22H29N5O2. The highest BCUT2D eigenvalue weighted by Gasteiger charge is 2.18. The van der Waals surface area contributed by atoms with Gasteiger partial charge in [0.25, 0.3) is 5.91 Å². The van der Waals surface area contributed by atoms with Crippen LogP contribution in [0.5, 0.6) is 0 Å². The average molecular weight is 396 g/mol. The Hall–Kier alpha value is -2.77. The van der Waals surface area contributed by atoms with Crippen molar-refractivity contribution < 1.29 is 9.53 Å².